The van der Waals surface area contributed by atoms with Crippen LogP contribution in [0.15, 0.2) is 41.1 Å². The quantitative estimate of drug-likeness (QED) is 0.498. The normalized spacial score (nSPS) is 13.4. The molecule has 8 nitrogen and oxygen atoms in total. The molecule has 1 N–H and O–H groups in total. The predicted octanol–water partition coefficient (Wildman–Crippen LogP) is 4.63. The van der Waals surface area contributed by atoms with Gasteiger partial charge in [0.05, 0.1) is 25.5 Å². The van der Waals surface area contributed by atoms with Gasteiger partial charge in [-0.2, -0.15) is 4.98 Å². The van der Waals surface area contributed by atoms with Crippen LogP contribution in [0.25, 0.3) is 22.5 Å². The van der Waals surface area contributed by atoms with Crippen molar-refractivity contribution in [2.45, 2.75) is 25.7 Å². The van der Waals surface area contributed by atoms with Crippen molar-refractivity contribution in [1.82, 2.24) is 20.1 Å². The Bertz CT molecular complexity index is 1230. The van der Waals surface area contributed by atoms with Crippen LogP contribution in [0.2, 0.25) is 0 Å². The van der Waals surface area contributed by atoms with E-state index in [-0.39, 0.29) is 0 Å². The summed E-state index contributed by atoms with van der Waals surface area (Å²) >= 11 is 0. The van der Waals surface area contributed by atoms with E-state index in [0.717, 1.165) is 46.7 Å². The second-order valence-corrected chi connectivity index (χ2v) is 7.30. The number of anilines is 2. The van der Waals surface area contributed by atoms with Gasteiger partial charge in [0.15, 0.2) is 23.0 Å². The van der Waals surface area contributed by atoms with Crippen molar-refractivity contribution >= 4 is 22.4 Å². The molecule has 0 amide bonds. The first-order valence-corrected chi connectivity index (χ1v) is 9.75. The maximum atomic E-state index is 5.58. The highest BCUT2D eigenvalue weighted by Crippen LogP contribution is 2.41. The van der Waals surface area contributed by atoms with Crippen LogP contribution in [0.4, 0.5) is 11.4 Å². The van der Waals surface area contributed by atoms with E-state index in [2.05, 4.69) is 25.4 Å². The summed E-state index contributed by atoms with van der Waals surface area (Å²) in [6.07, 6.45) is 3.94. The lowest BCUT2D eigenvalue weighted by molar-refractivity contribution is 0.355. The summed E-state index contributed by atoms with van der Waals surface area (Å²) in [4.78, 5) is 13.7. The molecule has 0 saturated heterocycles. The van der Waals surface area contributed by atoms with Gasteiger partial charge >= 0.3 is 0 Å². The Hall–Kier alpha value is -3.68. The minimum atomic E-state index is 0.405. The Labute approximate surface area is 173 Å². The van der Waals surface area contributed by atoms with Crippen LogP contribution in [-0.2, 0) is 0 Å². The number of ether oxygens (including phenoxy) is 2. The zero-order valence-corrected chi connectivity index (χ0v) is 17.0. The fraction of sp³-hybridized carbons (Fsp3) is 0.273. The third-order valence-electron chi connectivity index (χ3n) is 5.14. The van der Waals surface area contributed by atoms with Crippen molar-refractivity contribution in [3.05, 3.63) is 48.0 Å². The highest BCUT2D eigenvalue weighted by atomic mass is 16.5. The third kappa shape index (κ3) is 3.30. The number of methoxy groups -OCH3 is 2. The monoisotopic (exact) mass is 403 g/mol. The molecule has 0 unspecified atom stereocenters. The SMILES string of the molecule is COc1ccc(Nc2c(-c3nc(C4CC4)no3)cnc3nc(C)ccc23)cc1OC. The molecule has 1 fully saturated rings. The van der Waals surface area contributed by atoms with Crippen molar-refractivity contribution in [3.8, 4) is 23.0 Å². The van der Waals surface area contributed by atoms with Gasteiger partial charge in [0.25, 0.3) is 5.89 Å². The van der Waals surface area contributed by atoms with E-state index >= 15 is 0 Å². The van der Waals surface area contributed by atoms with Crippen molar-refractivity contribution in [2.24, 2.45) is 0 Å². The number of nitrogens with zero attached hydrogens (tertiary/aromatic N) is 4. The number of fused-ring (bicyclic) bond motifs is 1. The Morgan fingerprint density at radius 3 is 2.63 bits per heavy atom. The highest BCUT2D eigenvalue weighted by Gasteiger charge is 2.29. The maximum absolute atomic E-state index is 5.58. The van der Waals surface area contributed by atoms with Crippen molar-refractivity contribution in [1.29, 1.82) is 0 Å². The summed E-state index contributed by atoms with van der Waals surface area (Å²) in [5, 5.41) is 8.48. The van der Waals surface area contributed by atoms with Crippen molar-refractivity contribution < 1.29 is 14.0 Å². The van der Waals surface area contributed by atoms with Gasteiger partial charge in [0.2, 0.25) is 0 Å². The Kier molecular flexibility index (Phi) is 4.46. The first kappa shape index (κ1) is 18.4. The molecule has 0 atom stereocenters. The molecule has 0 bridgehead atoms. The molecule has 1 aromatic carbocycles. The van der Waals surface area contributed by atoms with Gasteiger partial charge in [-0.05, 0) is 44.0 Å². The second kappa shape index (κ2) is 7.29. The number of aryl methyl sites for hydroxylation is 1. The van der Waals surface area contributed by atoms with Gasteiger partial charge in [-0.3, -0.25) is 0 Å². The topological polar surface area (TPSA) is 95.2 Å². The number of hydrogen-bond donors (Lipinski definition) is 1. The Balaban J connectivity index is 1.63. The second-order valence-electron chi connectivity index (χ2n) is 7.30. The summed E-state index contributed by atoms with van der Waals surface area (Å²) in [5.74, 6) is 2.89. The summed E-state index contributed by atoms with van der Waals surface area (Å²) in [5.41, 5.74) is 3.88. The molecule has 3 aromatic heterocycles. The first-order chi connectivity index (χ1) is 14.7. The van der Waals surface area contributed by atoms with Gasteiger partial charge < -0.3 is 19.3 Å². The molecule has 0 aliphatic heterocycles. The Morgan fingerprint density at radius 1 is 1.03 bits per heavy atom. The lowest BCUT2D eigenvalue weighted by Crippen LogP contribution is -1.99. The number of nitrogens with one attached hydrogen (secondary N) is 1. The fourth-order valence-corrected chi connectivity index (χ4v) is 3.38. The van der Waals surface area contributed by atoms with Crippen LogP contribution in [0.3, 0.4) is 0 Å². The highest BCUT2D eigenvalue weighted by molar-refractivity contribution is 5.98. The van der Waals surface area contributed by atoms with Crippen LogP contribution >= 0.6 is 0 Å². The van der Waals surface area contributed by atoms with Crippen LogP contribution < -0.4 is 14.8 Å². The van der Waals surface area contributed by atoms with Crippen molar-refractivity contribution in [3.63, 3.8) is 0 Å². The average Bonchev–Trinajstić information content (AvgIpc) is 3.50. The third-order valence-corrected chi connectivity index (χ3v) is 5.14. The summed E-state index contributed by atoms with van der Waals surface area (Å²) in [6, 6.07) is 9.60. The van der Waals surface area contributed by atoms with E-state index in [1.54, 1.807) is 20.4 Å². The molecule has 30 heavy (non-hydrogen) atoms. The van der Waals surface area contributed by atoms with Crippen molar-refractivity contribution in [2.75, 3.05) is 19.5 Å². The molecule has 0 spiro atoms. The van der Waals surface area contributed by atoms with E-state index in [1.165, 1.54) is 0 Å². The molecule has 1 aliphatic carbocycles. The number of rotatable bonds is 6. The maximum Gasteiger partial charge on any atom is 0.261 e. The van der Waals surface area contributed by atoms with Crippen LogP contribution in [0, 0.1) is 6.92 Å². The summed E-state index contributed by atoms with van der Waals surface area (Å²) < 4.78 is 16.4. The molecule has 0 radical (unpaired) electrons. The zero-order valence-electron chi connectivity index (χ0n) is 17.0. The molecular formula is C22H21N5O3. The molecule has 8 heteroatoms. The molecular weight excluding hydrogens is 382 g/mol. The van der Waals surface area contributed by atoms with Crippen LogP contribution in [-0.4, -0.2) is 34.3 Å². The van der Waals surface area contributed by atoms with E-state index in [0.29, 0.717) is 29.0 Å². The smallest absolute Gasteiger partial charge is 0.261 e. The summed E-state index contributed by atoms with van der Waals surface area (Å²) in [6.45, 7) is 1.94. The molecule has 152 valence electrons. The minimum absolute atomic E-state index is 0.405. The van der Waals surface area contributed by atoms with Gasteiger partial charge in [-0.25, -0.2) is 9.97 Å². The number of benzene rings is 1. The van der Waals surface area contributed by atoms with E-state index in [1.807, 2.05) is 37.3 Å². The molecule has 1 saturated carbocycles. The van der Waals surface area contributed by atoms with Gasteiger partial charge in [-0.15, -0.1) is 0 Å². The summed E-state index contributed by atoms with van der Waals surface area (Å²) in [7, 11) is 3.22. The number of hydrogen-bond acceptors (Lipinski definition) is 8. The van der Waals surface area contributed by atoms with Gasteiger partial charge in [0, 0.05) is 34.9 Å². The predicted molar refractivity (Wildman–Crippen MR) is 112 cm³/mol. The van der Waals surface area contributed by atoms with Crippen LogP contribution in [0.1, 0.15) is 30.3 Å². The number of pyridine rings is 2. The number of aromatic nitrogens is 4. The molecule has 1 aliphatic rings. The minimum Gasteiger partial charge on any atom is -0.493 e. The zero-order chi connectivity index (χ0) is 20.7. The van der Waals surface area contributed by atoms with E-state index in [9.17, 15) is 0 Å². The van der Waals surface area contributed by atoms with E-state index in [4.69, 9.17) is 14.0 Å². The average molecular weight is 403 g/mol. The largest absolute Gasteiger partial charge is 0.493 e. The van der Waals surface area contributed by atoms with Gasteiger partial charge in [-0.1, -0.05) is 5.16 Å². The Morgan fingerprint density at radius 2 is 1.87 bits per heavy atom. The first-order valence-electron chi connectivity index (χ1n) is 9.75. The van der Waals surface area contributed by atoms with Crippen LogP contribution in [0.5, 0.6) is 11.5 Å². The molecule has 4 aromatic rings. The fourth-order valence-electron chi connectivity index (χ4n) is 3.38. The lowest BCUT2D eigenvalue weighted by Gasteiger charge is -2.15. The van der Waals surface area contributed by atoms with Gasteiger partial charge in [0.1, 0.15) is 0 Å². The standard InChI is InChI=1S/C22H21N5O3/c1-12-4-8-15-19(25-14-7-9-17(28-2)18(10-14)29-3)16(11-23-21(15)24-12)22-26-20(27-30-22)13-5-6-13/h4,7-11,13H,5-6H2,1-3H3,(H,23,24,25). The van der Waals surface area contributed by atoms with E-state index < -0.39 is 0 Å². The molecule has 3 heterocycles. The lowest BCUT2D eigenvalue weighted by atomic mass is 10.1. The molecule has 5 rings (SSSR count).